The van der Waals surface area contributed by atoms with Crippen molar-refractivity contribution in [1.82, 2.24) is 5.32 Å². The van der Waals surface area contributed by atoms with Crippen molar-refractivity contribution in [3.8, 4) is 0 Å². The molecule has 2 rings (SSSR count). The van der Waals surface area contributed by atoms with E-state index in [4.69, 9.17) is 5.11 Å². The molecule has 0 radical (unpaired) electrons. The summed E-state index contributed by atoms with van der Waals surface area (Å²) in [6.45, 7) is 2.01. The number of aliphatic hydroxyl groups excluding tert-OH is 1. The van der Waals surface area contributed by atoms with E-state index in [2.05, 4.69) is 5.32 Å². The molecule has 0 heterocycles. The topological polar surface area (TPSA) is 52.5 Å². The van der Waals surface area contributed by atoms with Crippen molar-refractivity contribution in [3.05, 3.63) is 0 Å². The van der Waals surface area contributed by atoms with Gasteiger partial charge in [-0.3, -0.25) is 0 Å². The fourth-order valence-corrected chi connectivity index (χ4v) is 3.48. The standard InChI is InChI=1S/C14H27NO2/c1-13(17,11-16)10-15-12-4-8-14(9-5-12)6-2-3-7-14/h12,15-17H,2-11H2,1H3. The van der Waals surface area contributed by atoms with E-state index in [1.165, 1.54) is 51.4 Å². The Morgan fingerprint density at radius 3 is 2.29 bits per heavy atom. The number of hydrogen-bond acceptors (Lipinski definition) is 3. The Bertz CT molecular complexity index is 237. The van der Waals surface area contributed by atoms with Crippen molar-refractivity contribution in [3.63, 3.8) is 0 Å². The van der Waals surface area contributed by atoms with E-state index in [1.807, 2.05) is 0 Å². The highest BCUT2D eigenvalue weighted by Crippen LogP contribution is 2.48. The van der Waals surface area contributed by atoms with Gasteiger partial charge < -0.3 is 15.5 Å². The lowest BCUT2D eigenvalue weighted by molar-refractivity contribution is -0.00141. The predicted molar refractivity (Wildman–Crippen MR) is 68.9 cm³/mol. The average Bonchev–Trinajstić information content (AvgIpc) is 2.77. The molecule has 0 aromatic rings. The third-order valence-electron chi connectivity index (χ3n) is 4.82. The van der Waals surface area contributed by atoms with Gasteiger partial charge in [-0.15, -0.1) is 0 Å². The minimum atomic E-state index is -0.970. The molecule has 17 heavy (non-hydrogen) atoms. The maximum atomic E-state index is 9.75. The Kier molecular flexibility index (Phi) is 4.11. The first kappa shape index (κ1) is 13.3. The second-order valence-corrected chi connectivity index (χ2v) is 6.52. The zero-order valence-corrected chi connectivity index (χ0v) is 11.0. The third kappa shape index (κ3) is 3.43. The molecule has 0 aromatic carbocycles. The highest BCUT2D eigenvalue weighted by atomic mass is 16.3. The lowest BCUT2D eigenvalue weighted by Gasteiger charge is -2.38. The molecule has 0 amide bonds. The first-order valence-corrected chi connectivity index (χ1v) is 7.12. The van der Waals surface area contributed by atoms with Crippen molar-refractivity contribution < 1.29 is 10.2 Å². The molecular formula is C14H27NO2. The summed E-state index contributed by atoms with van der Waals surface area (Å²) < 4.78 is 0. The van der Waals surface area contributed by atoms with Gasteiger partial charge in [-0.05, 0) is 50.9 Å². The van der Waals surface area contributed by atoms with Gasteiger partial charge >= 0.3 is 0 Å². The Labute approximate surface area is 105 Å². The van der Waals surface area contributed by atoms with Gasteiger partial charge in [0.05, 0.1) is 12.2 Å². The van der Waals surface area contributed by atoms with Crippen LogP contribution in [0.4, 0.5) is 0 Å². The third-order valence-corrected chi connectivity index (χ3v) is 4.82. The first-order valence-electron chi connectivity index (χ1n) is 7.12. The first-order chi connectivity index (χ1) is 8.05. The van der Waals surface area contributed by atoms with Crippen LogP contribution in [0.3, 0.4) is 0 Å². The largest absolute Gasteiger partial charge is 0.393 e. The van der Waals surface area contributed by atoms with E-state index >= 15 is 0 Å². The molecule has 0 aromatic heterocycles. The molecule has 0 aliphatic heterocycles. The summed E-state index contributed by atoms with van der Waals surface area (Å²) in [5.41, 5.74) is -0.291. The second-order valence-electron chi connectivity index (χ2n) is 6.52. The molecule has 2 fully saturated rings. The summed E-state index contributed by atoms with van der Waals surface area (Å²) in [5, 5.41) is 22.2. The average molecular weight is 241 g/mol. The molecule has 3 heteroatoms. The van der Waals surface area contributed by atoms with Crippen LogP contribution in [0.2, 0.25) is 0 Å². The van der Waals surface area contributed by atoms with Gasteiger partial charge in [-0.2, -0.15) is 0 Å². The molecule has 2 saturated carbocycles. The number of rotatable bonds is 4. The minimum absolute atomic E-state index is 0.170. The Morgan fingerprint density at radius 2 is 1.76 bits per heavy atom. The van der Waals surface area contributed by atoms with E-state index < -0.39 is 5.60 Å². The fourth-order valence-electron chi connectivity index (χ4n) is 3.48. The monoisotopic (exact) mass is 241 g/mol. The quantitative estimate of drug-likeness (QED) is 0.704. The molecule has 1 atom stereocenters. The van der Waals surface area contributed by atoms with E-state index in [-0.39, 0.29) is 6.61 Å². The van der Waals surface area contributed by atoms with Crippen LogP contribution in [0.25, 0.3) is 0 Å². The zero-order valence-electron chi connectivity index (χ0n) is 11.0. The van der Waals surface area contributed by atoms with Crippen LogP contribution < -0.4 is 5.32 Å². The van der Waals surface area contributed by atoms with E-state index in [9.17, 15) is 5.11 Å². The summed E-state index contributed by atoms with van der Waals surface area (Å²) in [4.78, 5) is 0. The highest BCUT2D eigenvalue weighted by Gasteiger charge is 2.37. The minimum Gasteiger partial charge on any atom is -0.393 e. The van der Waals surface area contributed by atoms with Gasteiger partial charge in [0.2, 0.25) is 0 Å². The molecule has 0 saturated heterocycles. The highest BCUT2D eigenvalue weighted by molar-refractivity contribution is 4.91. The Hall–Kier alpha value is -0.120. The summed E-state index contributed by atoms with van der Waals surface area (Å²) in [6.07, 6.45) is 10.9. The molecular weight excluding hydrogens is 214 g/mol. The van der Waals surface area contributed by atoms with Crippen LogP contribution in [0, 0.1) is 5.41 Å². The molecule has 0 bridgehead atoms. The van der Waals surface area contributed by atoms with Gasteiger partial charge in [0.15, 0.2) is 0 Å². The van der Waals surface area contributed by atoms with Crippen LogP contribution in [0.1, 0.15) is 58.3 Å². The van der Waals surface area contributed by atoms with E-state index in [0.29, 0.717) is 18.0 Å². The molecule has 1 spiro atoms. The van der Waals surface area contributed by atoms with Crippen molar-refractivity contribution in [2.75, 3.05) is 13.2 Å². The van der Waals surface area contributed by atoms with Gasteiger partial charge in [0, 0.05) is 12.6 Å². The Balaban J connectivity index is 1.72. The normalized spacial score (nSPS) is 28.4. The SMILES string of the molecule is CC(O)(CO)CNC1CCC2(CCCC2)CC1. The lowest BCUT2D eigenvalue weighted by Crippen LogP contribution is -2.46. The Morgan fingerprint density at radius 1 is 1.18 bits per heavy atom. The van der Waals surface area contributed by atoms with Gasteiger partial charge in [-0.25, -0.2) is 0 Å². The number of nitrogens with one attached hydrogen (secondary N) is 1. The lowest BCUT2D eigenvalue weighted by atomic mass is 9.71. The van der Waals surface area contributed by atoms with Crippen LogP contribution >= 0.6 is 0 Å². The molecule has 2 aliphatic rings. The van der Waals surface area contributed by atoms with Crippen LogP contribution in [-0.4, -0.2) is 35.0 Å². The smallest absolute Gasteiger partial charge is 0.0972 e. The van der Waals surface area contributed by atoms with Gasteiger partial charge in [0.1, 0.15) is 0 Å². The van der Waals surface area contributed by atoms with Gasteiger partial charge in [0.25, 0.3) is 0 Å². The number of aliphatic hydroxyl groups is 2. The van der Waals surface area contributed by atoms with Crippen LogP contribution in [0.15, 0.2) is 0 Å². The molecule has 100 valence electrons. The van der Waals surface area contributed by atoms with Gasteiger partial charge in [-0.1, -0.05) is 12.8 Å². The number of hydrogen-bond donors (Lipinski definition) is 3. The zero-order chi connectivity index (χ0) is 12.4. The van der Waals surface area contributed by atoms with Crippen molar-refractivity contribution >= 4 is 0 Å². The van der Waals surface area contributed by atoms with Crippen molar-refractivity contribution in [1.29, 1.82) is 0 Å². The summed E-state index contributed by atoms with van der Waals surface area (Å²) in [6, 6.07) is 0.541. The van der Waals surface area contributed by atoms with E-state index in [0.717, 1.165) is 0 Å². The maximum Gasteiger partial charge on any atom is 0.0972 e. The fraction of sp³-hybridized carbons (Fsp3) is 1.00. The summed E-state index contributed by atoms with van der Waals surface area (Å²) in [5.74, 6) is 0. The van der Waals surface area contributed by atoms with Crippen molar-refractivity contribution in [2.45, 2.75) is 69.9 Å². The van der Waals surface area contributed by atoms with Crippen LogP contribution in [0.5, 0.6) is 0 Å². The van der Waals surface area contributed by atoms with Crippen molar-refractivity contribution in [2.24, 2.45) is 5.41 Å². The maximum absolute atomic E-state index is 9.75. The predicted octanol–water partition coefficient (Wildman–Crippen LogP) is 1.82. The molecule has 1 unspecified atom stereocenters. The summed E-state index contributed by atoms with van der Waals surface area (Å²) >= 11 is 0. The molecule has 3 nitrogen and oxygen atoms in total. The molecule has 3 N–H and O–H groups in total. The second kappa shape index (κ2) is 5.25. The van der Waals surface area contributed by atoms with Crippen LogP contribution in [-0.2, 0) is 0 Å². The van der Waals surface area contributed by atoms with E-state index in [1.54, 1.807) is 6.92 Å². The summed E-state index contributed by atoms with van der Waals surface area (Å²) in [7, 11) is 0. The molecule has 2 aliphatic carbocycles.